The first-order valence-corrected chi connectivity index (χ1v) is 34.2. The number of hydrogen-bond acceptors (Lipinski definition) is 10. The number of amides is 1. The molecule has 9 unspecified atom stereocenters. The maximum atomic E-state index is 13.2. The van der Waals surface area contributed by atoms with E-state index < -0.39 is 74.2 Å². The average molecular weight is 1120 g/mol. The Balaban J connectivity index is 2.24. The van der Waals surface area contributed by atoms with Gasteiger partial charge in [-0.2, -0.15) is 0 Å². The van der Waals surface area contributed by atoms with Crippen molar-refractivity contribution in [3.63, 3.8) is 0 Å². The summed E-state index contributed by atoms with van der Waals surface area (Å²) in [6, 6.07) is -1.19. The second-order valence-corrected chi connectivity index (χ2v) is 24.2. The number of hydrogen-bond donors (Lipinski definition) is 8. The van der Waals surface area contributed by atoms with Gasteiger partial charge >= 0.3 is 0 Å². The van der Waals surface area contributed by atoms with Crippen LogP contribution in [-0.2, 0) is 14.3 Å². The molecule has 0 bridgehead atoms. The molecule has 0 saturated carbocycles. The van der Waals surface area contributed by atoms with E-state index in [2.05, 4.69) is 43.5 Å². The summed E-state index contributed by atoms with van der Waals surface area (Å²) in [4.78, 5) is 13.2. The van der Waals surface area contributed by atoms with Gasteiger partial charge in [0, 0.05) is 0 Å². The molecule has 0 aromatic rings. The minimum Gasteiger partial charge on any atom is -0.394 e. The molecule has 11 heteroatoms. The number of carbonyl (C=O) groups is 1. The van der Waals surface area contributed by atoms with Crippen molar-refractivity contribution in [2.45, 2.75) is 390 Å². The maximum absolute atomic E-state index is 13.2. The fourth-order valence-corrected chi connectivity index (χ4v) is 11.2. The summed E-state index contributed by atoms with van der Waals surface area (Å²) in [5.74, 6) is -0.703. The molecule has 0 spiro atoms. The maximum Gasteiger partial charge on any atom is 0.249 e. The van der Waals surface area contributed by atoms with Gasteiger partial charge in [-0.05, 0) is 64.2 Å². The Morgan fingerprint density at radius 2 is 0.747 bits per heavy atom. The monoisotopic (exact) mass is 1120 g/mol. The summed E-state index contributed by atoms with van der Waals surface area (Å²) in [5, 5.41) is 76.4. The van der Waals surface area contributed by atoms with Crippen LogP contribution >= 0.6 is 0 Å². The van der Waals surface area contributed by atoms with Crippen molar-refractivity contribution in [1.29, 1.82) is 0 Å². The number of carbonyl (C=O) groups excluding carboxylic acids is 1. The highest BCUT2D eigenvalue weighted by Crippen LogP contribution is 2.24. The van der Waals surface area contributed by atoms with Gasteiger partial charge in [-0.25, -0.2) is 0 Å². The zero-order valence-electron chi connectivity index (χ0n) is 51.6. The van der Waals surface area contributed by atoms with Crippen LogP contribution < -0.4 is 5.32 Å². The van der Waals surface area contributed by atoms with Crippen LogP contribution in [-0.4, -0.2) is 110 Å². The molecule has 1 saturated heterocycles. The molecule has 468 valence electrons. The predicted molar refractivity (Wildman–Crippen MR) is 330 cm³/mol. The van der Waals surface area contributed by atoms with E-state index >= 15 is 0 Å². The number of ether oxygens (including phenoxy) is 2. The Morgan fingerprint density at radius 3 is 1.09 bits per heavy atom. The molecular weight excluding hydrogens is 991 g/mol. The van der Waals surface area contributed by atoms with E-state index in [1.807, 2.05) is 0 Å². The molecule has 0 aromatic heterocycles. The normalized spacial score (nSPS) is 19.4. The van der Waals surface area contributed by atoms with Gasteiger partial charge in [0.2, 0.25) is 5.91 Å². The molecule has 0 radical (unpaired) electrons. The molecule has 1 rings (SSSR count). The van der Waals surface area contributed by atoms with Gasteiger partial charge in [-0.3, -0.25) is 4.79 Å². The van der Waals surface area contributed by atoms with E-state index in [0.29, 0.717) is 12.8 Å². The largest absolute Gasteiger partial charge is 0.394 e. The Morgan fingerprint density at radius 1 is 0.430 bits per heavy atom. The molecule has 8 N–H and O–H groups in total. The van der Waals surface area contributed by atoms with Gasteiger partial charge in [-0.1, -0.05) is 295 Å². The molecule has 0 aromatic carbocycles. The minimum absolute atomic E-state index is 0.254. The summed E-state index contributed by atoms with van der Waals surface area (Å²) in [5.41, 5.74) is 0. The number of rotatable bonds is 60. The topological polar surface area (TPSA) is 189 Å². The zero-order chi connectivity index (χ0) is 57.5. The van der Waals surface area contributed by atoms with Crippen molar-refractivity contribution < 1.29 is 50.0 Å². The number of allylic oxidation sites excluding steroid dienone is 4. The lowest BCUT2D eigenvalue weighted by atomic mass is 9.98. The number of nitrogens with one attached hydrogen (secondary N) is 1. The molecule has 1 heterocycles. The lowest BCUT2D eigenvalue weighted by Crippen LogP contribution is -2.60. The Kier molecular flexibility index (Phi) is 54.6. The van der Waals surface area contributed by atoms with E-state index in [9.17, 15) is 40.5 Å². The van der Waals surface area contributed by atoms with Gasteiger partial charge in [0.1, 0.15) is 36.6 Å². The lowest BCUT2D eigenvalue weighted by molar-refractivity contribution is -0.303. The predicted octanol–water partition coefficient (Wildman–Crippen LogP) is 16.0. The second kappa shape index (κ2) is 57.0. The Labute approximate surface area is 486 Å². The second-order valence-electron chi connectivity index (χ2n) is 24.2. The zero-order valence-corrected chi connectivity index (χ0v) is 51.6. The van der Waals surface area contributed by atoms with Crippen LogP contribution in [0.4, 0.5) is 0 Å². The quantitative estimate of drug-likeness (QED) is 0.0215. The SMILES string of the molecule is CCCCCCCCCCCCCC/C=C\CCCCCCCCCCCC(O)C(=O)NC(COC1OC(CO)C(O)C(O)C1O)C(O)C(O)CCC/C=C/CCCCCCCCCCCCCCCCCCCCCCCC. The minimum atomic E-state index is -1.67. The molecule has 11 nitrogen and oxygen atoms in total. The highest BCUT2D eigenvalue weighted by atomic mass is 16.7. The van der Waals surface area contributed by atoms with E-state index in [1.165, 1.54) is 257 Å². The smallest absolute Gasteiger partial charge is 0.249 e. The van der Waals surface area contributed by atoms with Gasteiger partial charge in [0.15, 0.2) is 6.29 Å². The van der Waals surface area contributed by atoms with Crippen LogP contribution in [0, 0.1) is 0 Å². The van der Waals surface area contributed by atoms with Gasteiger partial charge < -0.3 is 50.5 Å². The molecule has 1 amide bonds. The van der Waals surface area contributed by atoms with Crippen molar-refractivity contribution in [3.8, 4) is 0 Å². The number of unbranched alkanes of at least 4 members (excludes halogenated alkanes) is 44. The van der Waals surface area contributed by atoms with Gasteiger partial charge in [0.25, 0.3) is 0 Å². The summed E-state index contributed by atoms with van der Waals surface area (Å²) in [7, 11) is 0. The molecular formula is C68H131NO10. The highest BCUT2D eigenvalue weighted by Gasteiger charge is 2.44. The van der Waals surface area contributed by atoms with Crippen LogP contribution in [0.1, 0.15) is 335 Å². The van der Waals surface area contributed by atoms with E-state index in [4.69, 9.17) is 9.47 Å². The molecule has 1 aliphatic rings. The lowest BCUT2D eigenvalue weighted by Gasteiger charge is -2.40. The summed E-state index contributed by atoms with van der Waals surface area (Å²) < 4.78 is 11.2. The van der Waals surface area contributed by atoms with E-state index in [1.54, 1.807) is 0 Å². The molecule has 1 aliphatic heterocycles. The highest BCUT2D eigenvalue weighted by molar-refractivity contribution is 5.80. The van der Waals surface area contributed by atoms with Crippen LogP contribution in [0.3, 0.4) is 0 Å². The van der Waals surface area contributed by atoms with Crippen molar-refractivity contribution in [1.82, 2.24) is 5.32 Å². The standard InChI is InChI=1S/C68H131NO10/c1-3-5-7-9-11-13-15-17-19-21-23-25-27-29-30-32-33-35-37-39-41-43-45-47-49-51-53-55-60(71)63(73)59(58-78-68-66(76)65(75)64(74)62(57-70)79-68)69-67(77)61(72)56-54-52-50-48-46-44-42-40-38-36-34-31-28-26-24-22-20-18-16-14-12-10-8-6-4-2/h31,34,47,49,59-66,68,70-76H,3-30,32-33,35-46,48,50-58H2,1-2H3,(H,69,77)/b34-31-,49-47+. The third kappa shape index (κ3) is 44.7. The fourth-order valence-electron chi connectivity index (χ4n) is 11.2. The van der Waals surface area contributed by atoms with E-state index in [0.717, 1.165) is 38.5 Å². The van der Waals surface area contributed by atoms with Crippen LogP contribution in [0.2, 0.25) is 0 Å². The van der Waals surface area contributed by atoms with Crippen LogP contribution in [0.5, 0.6) is 0 Å². The summed E-state index contributed by atoms with van der Waals surface area (Å²) in [6.45, 7) is 3.50. The summed E-state index contributed by atoms with van der Waals surface area (Å²) in [6.07, 6.45) is 59.7. The van der Waals surface area contributed by atoms with Crippen molar-refractivity contribution in [3.05, 3.63) is 24.3 Å². The molecule has 0 aliphatic carbocycles. The van der Waals surface area contributed by atoms with Gasteiger partial charge in [0.05, 0.1) is 25.4 Å². The van der Waals surface area contributed by atoms with Crippen molar-refractivity contribution in [2.24, 2.45) is 0 Å². The number of aliphatic hydroxyl groups is 7. The van der Waals surface area contributed by atoms with Crippen LogP contribution in [0.15, 0.2) is 24.3 Å². The number of aliphatic hydroxyl groups excluding tert-OH is 7. The Hall–Kier alpha value is -1.41. The summed E-state index contributed by atoms with van der Waals surface area (Å²) >= 11 is 0. The average Bonchev–Trinajstić information content (AvgIpc) is 3.46. The van der Waals surface area contributed by atoms with Gasteiger partial charge in [-0.15, -0.1) is 0 Å². The van der Waals surface area contributed by atoms with Crippen molar-refractivity contribution in [2.75, 3.05) is 13.2 Å². The first-order chi connectivity index (χ1) is 38.7. The third-order valence-corrected chi connectivity index (χ3v) is 16.7. The first-order valence-electron chi connectivity index (χ1n) is 34.2. The van der Waals surface area contributed by atoms with Crippen molar-refractivity contribution >= 4 is 5.91 Å². The molecule has 1 fully saturated rings. The molecule has 9 atom stereocenters. The Bertz CT molecular complexity index is 1330. The first kappa shape index (κ1) is 75.6. The third-order valence-electron chi connectivity index (χ3n) is 16.7. The molecule has 79 heavy (non-hydrogen) atoms. The van der Waals surface area contributed by atoms with E-state index in [-0.39, 0.29) is 12.8 Å². The fraction of sp³-hybridized carbons (Fsp3) is 0.926. The van der Waals surface area contributed by atoms with Crippen LogP contribution in [0.25, 0.3) is 0 Å².